The van der Waals surface area contributed by atoms with Crippen LogP contribution in [0.25, 0.3) is 0 Å². The number of carboxylic acids is 1. The molecule has 0 aromatic heterocycles. The summed E-state index contributed by atoms with van der Waals surface area (Å²) in [6, 6.07) is 7.61. The average Bonchev–Trinajstić information content (AvgIpc) is 2.74. The minimum atomic E-state index is -0.826. The Labute approximate surface area is 129 Å². The molecule has 4 nitrogen and oxygen atoms in total. The lowest BCUT2D eigenvalue weighted by Crippen LogP contribution is -2.32. The highest BCUT2D eigenvalue weighted by atomic mass is 32.2. The molecule has 1 aromatic carbocycles. The summed E-state index contributed by atoms with van der Waals surface area (Å²) in [7, 11) is 0. The lowest BCUT2D eigenvalue weighted by atomic mass is 9.98. The molecule has 2 rings (SSSR count). The maximum atomic E-state index is 12.4. The number of rotatable bonds is 4. The van der Waals surface area contributed by atoms with Crippen molar-refractivity contribution >= 4 is 29.3 Å². The number of benzene rings is 1. The summed E-state index contributed by atoms with van der Waals surface area (Å²) >= 11 is 1.61. The molecule has 0 radical (unpaired) electrons. The number of hydrogen-bond acceptors (Lipinski definition) is 3. The summed E-state index contributed by atoms with van der Waals surface area (Å²) in [5.41, 5.74) is 1.83. The van der Waals surface area contributed by atoms with Crippen LogP contribution in [0.5, 0.6) is 0 Å². The van der Waals surface area contributed by atoms with Gasteiger partial charge in [-0.25, -0.2) is 0 Å². The van der Waals surface area contributed by atoms with Crippen molar-refractivity contribution in [1.82, 2.24) is 0 Å². The number of hydrogen-bond donors (Lipinski definition) is 1. The van der Waals surface area contributed by atoms with Gasteiger partial charge in [-0.1, -0.05) is 39.0 Å². The zero-order valence-corrected chi connectivity index (χ0v) is 13.4. The Kier molecular flexibility index (Phi) is 4.61. The van der Waals surface area contributed by atoms with Crippen LogP contribution in [0, 0.1) is 0 Å². The van der Waals surface area contributed by atoms with E-state index in [0.717, 1.165) is 11.3 Å². The SMILES string of the molecule is CC(C)(C)SCC(=O)N1CC(CC(=O)O)c2ccccc21. The van der Waals surface area contributed by atoms with Gasteiger partial charge in [0.1, 0.15) is 0 Å². The van der Waals surface area contributed by atoms with Gasteiger partial charge in [-0.05, 0) is 11.6 Å². The van der Waals surface area contributed by atoms with Crippen LogP contribution in [-0.4, -0.2) is 34.0 Å². The molecular weight excluding hydrogens is 286 g/mol. The van der Waals surface area contributed by atoms with Gasteiger partial charge in [0.2, 0.25) is 5.91 Å². The molecule has 0 fully saturated rings. The van der Waals surface area contributed by atoms with E-state index in [0.29, 0.717) is 12.3 Å². The molecule has 114 valence electrons. The molecule has 1 aromatic rings. The lowest BCUT2D eigenvalue weighted by molar-refractivity contribution is -0.137. The van der Waals surface area contributed by atoms with Crippen molar-refractivity contribution in [3.8, 4) is 0 Å². The quantitative estimate of drug-likeness (QED) is 0.928. The fraction of sp³-hybridized carbons (Fsp3) is 0.500. The first-order valence-corrected chi connectivity index (χ1v) is 8.01. The Bertz CT molecular complexity index is 551. The second-order valence-corrected chi connectivity index (χ2v) is 8.06. The van der Waals surface area contributed by atoms with Crippen molar-refractivity contribution < 1.29 is 14.7 Å². The molecule has 1 amide bonds. The topological polar surface area (TPSA) is 57.6 Å². The van der Waals surface area contributed by atoms with Crippen molar-refractivity contribution in [3.05, 3.63) is 29.8 Å². The van der Waals surface area contributed by atoms with Crippen molar-refractivity contribution in [2.75, 3.05) is 17.2 Å². The Morgan fingerprint density at radius 1 is 1.33 bits per heavy atom. The minimum Gasteiger partial charge on any atom is -0.481 e. The fourth-order valence-corrected chi connectivity index (χ4v) is 3.19. The largest absolute Gasteiger partial charge is 0.481 e. The summed E-state index contributed by atoms with van der Waals surface area (Å²) in [5, 5.41) is 9.03. The zero-order valence-electron chi connectivity index (χ0n) is 12.6. The van der Waals surface area contributed by atoms with Crippen LogP contribution < -0.4 is 4.90 Å². The maximum absolute atomic E-state index is 12.4. The van der Waals surface area contributed by atoms with Crippen molar-refractivity contribution in [2.24, 2.45) is 0 Å². The summed E-state index contributed by atoms with van der Waals surface area (Å²) in [6.45, 7) is 6.71. The number of carboxylic acid groups (broad SMARTS) is 1. The maximum Gasteiger partial charge on any atom is 0.304 e. The van der Waals surface area contributed by atoms with Crippen molar-refractivity contribution in [1.29, 1.82) is 0 Å². The number of thioether (sulfide) groups is 1. The number of aliphatic carboxylic acids is 1. The van der Waals surface area contributed by atoms with Gasteiger partial charge in [0, 0.05) is 22.9 Å². The third-order valence-electron chi connectivity index (χ3n) is 3.42. The van der Waals surface area contributed by atoms with Gasteiger partial charge < -0.3 is 10.0 Å². The van der Waals surface area contributed by atoms with E-state index in [9.17, 15) is 9.59 Å². The van der Waals surface area contributed by atoms with Crippen LogP contribution in [-0.2, 0) is 9.59 Å². The van der Waals surface area contributed by atoms with Gasteiger partial charge in [-0.15, -0.1) is 11.8 Å². The van der Waals surface area contributed by atoms with E-state index >= 15 is 0 Å². The van der Waals surface area contributed by atoms with Crippen LogP contribution in [0.1, 0.15) is 38.7 Å². The predicted molar refractivity (Wildman–Crippen MR) is 86.0 cm³/mol. The molecule has 1 N–H and O–H groups in total. The number of carbonyl (C=O) groups is 2. The standard InChI is InChI=1S/C16H21NO3S/c1-16(2,3)21-10-14(18)17-9-11(8-15(19)20)12-6-4-5-7-13(12)17/h4-7,11H,8-10H2,1-3H3,(H,19,20). The molecule has 1 aliphatic heterocycles. The predicted octanol–water partition coefficient (Wildman–Crippen LogP) is 3.12. The molecule has 0 saturated heterocycles. The molecule has 0 bridgehead atoms. The minimum absolute atomic E-state index is 0.0371. The van der Waals surface area contributed by atoms with Crippen LogP contribution in [0.15, 0.2) is 24.3 Å². The highest BCUT2D eigenvalue weighted by Gasteiger charge is 2.33. The van der Waals surface area contributed by atoms with Crippen molar-refractivity contribution in [2.45, 2.75) is 37.9 Å². The van der Waals surface area contributed by atoms with Gasteiger partial charge in [-0.3, -0.25) is 9.59 Å². The van der Waals surface area contributed by atoms with Crippen LogP contribution in [0.2, 0.25) is 0 Å². The highest BCUT2D eigenvalue weighted by Crippen LogP contribution is 2.38. The van der Waals surface area contributed by atoms with Gasteiger partial charge in [-0.2, -0.15) is 0 Å². The van der Waals surface area contributed by atoms with Crippen LogP contribution >= 0.6 is 11.8 Å². The second kappa shape index (κ2) is 6.10. The summed E-state index contributed by atoms with van der Waals surface area (Å²) in [5.74, 6) is -0.469. The van der Waals surface area contributed by atoms with E-state index < -0.39 is 5.97 Å². The third-order valence-corrected chi connectivity index (χ3v) is 4.68. The number of carbonyl (C=O) groups excluding carboxylic acids is 1. The number of nitrogens with zero attached hydrogens (tertiary/aromatic N) is 1. The Hall–Kier alpha value is -1.49. The van der Waals surface area contributed by atoms with Crippen LogP contribution in [0.4, 0.5) is 5.69 Å². The molecule has 5 heteroatoms. The van der Waals surface area contributed by atoms with Gasteiger partial charge in [0.25, 0.3) is 0 Å². The zero-order chi connectivity index (χ0) is 15.6. The number of para-hydroxylation sites is 1. The Morgan fingerprint density at radius 2 is 2.00 bits per heavy atom. The lowest BCUT2D eigenvalue weighted by Gasteiger charge is -2.21. The highest BCUT2D eigenvalue weighted by molar-refractivity contribution is 8.01. The third kappa shape index (κ3) is 4.00. The van der Waals surface area contributed by atoms with Gasteiger partial charge in [0.15, 0.2) is 0 Å². The monoisotopic (exact) mass is 307 g/mol. The first-order chi connectivity index (χ1) is 9.78. The molecule has 0 aliphatic carbocycles. The molecule has 0 saturated carbocycles. The molecular formula is C16H21NO3S. The van der Waals surface area contributed by atoms with Gasteiger partial charge in [0.05, 0.1) is 12.2 Å². The van der Waals surface area contributed by atoms with E-state index in [2.05, 4.69) is 20.8 Å². The molecule has 1 aliphatic rings. The van der Waals surface area contributed by atoms with Crippen LogP contribution in [0.3, 0.4) is 0 Å². The first kappa shape index (κ1) is 15.9. The summed E-state index contributed by atoms with van der Waals surface area (Å²) < 4.78 is 0.0371. The second-order valence-electron chi connectivity index (χ2n) is 6.26. The van der Waals surface area contributed by atoms with Crippen molar-refractivity contribution in [3.63, 3.8) is 0 Å². The van der Waals surface area contributed by atoms with E-state index in [1.54, 1.807) is 16.7 Å². The Balaban J connectivity index is 2.15. The summed E-state index contributed by atoms with van der Waals surface area (Å²) in [4.78, 5) is 25.2. The first-order valence-electron chi connectivity index (χ1n) is 7.03. The number of amides is 1. The van der Waals surface area contributed by atoms with Gasteiger partial charge >= 0.3 is 5.97 Å². The van der Waals surface area contributed by atoms with E-state index in [4.69, 9.17) is 5.11 Å². The number of fused-ring (bicyclic) bond motifs is 1. The fourth-order valence-electron chi connectivity index (χ4n) is 2.47. The molecule has 1 atom stereocenters. The average molecular weight is 307 g/mol. The van der Waals surface area contributed by atoms with E-state index in [1.807, 2.05) is 24.3 Å². The number of anilines is 1. The smallest absolute Gasteiger partial charge is 0.304 e. The molecule has 21 heavy (non-hydrogen) atoms. The van der Waals surface area contributed by atoms with E-state index in [-0.39, 0.29) is 23.0 Å². The molecule has 0 spiro atoms. The van der Waals surface area contributed by atoms with E-state index in [1.165, 1.54) is 0 Å². The Morgan fingerprint density at radius 3 is 2.62 bits per heavy atom. The molecule has 1 unspecified atom stereocenters. The molecule has 1 heterocycles. The normalized spacial score (nSPS) is 17.7. The summed E-state index contributed by atoms with van der Waals surface area (Å²) in [6.07, 6.45) is 0.0627.